The van der Waals surface area contributed by atoms with E-state index in [0.717, 1.165) is 44.6 Å². The van der Waals surface area contributed by atoms with Crippen LogP contribution in [0.5, 0.6) is 0 Å². The number of carbonyl (C=O) groups excluding carboxylic acids is 2. The van der Waals surface area contributed by atoms with E-state index >= 15 is 0 Å². The molecule has 3 aromatic carbocycles. The normalized spacial score (nSPS) is 12.0. The molecular formula is C30H35BrClN3O4S. The molecule has 2 amide bonds. The zero-order valence-corrected chi connectivity index (χ0v) is 26.1. The monoisotopic (exact) mass is 647 g/mol. The van der Waals surface area contributed by atoms with Crippen LogP contribution < -0.4 is 9.62 Å². The molecule has 1 N–H and O–H groups in total. The maximum absolute atomic E-state index is 14.1. The van der Waals surface area contributed by atoms with E-state index in [-0.39, 0.29) is 18.9 Å². The van der Waals surface area contributed by atoms with Gasteiger partial charge in [0.1, 0.15) is 12.6 Å². The molecule has 0 aliphatic rings. The van der Waals surface area contributed by atoms with Crippen molar-refractivity contribution in [1.29, 1.82) is 0 Å². The quantitative estimate of drug-likeness (QED) is 0.240. The molecule has 0 heterocycles. The first-order valence-electron chi connectivity index (χ1n) is 13.1. The molecule has 0 saturated carbocycles. The van der Waals surface area contributed by atoms with Crippen LogP contribution in [0.2, 0.25) is 5.02 Å². The number of sulfonamides is 1. The Morgan fingerprint density at radius 1 is 1.00 bits per heavy atom. The van der Waals surface area contributed by atoms with Crippen molar-refractivity contribution >= 4 is 55.1 Å². The first-order chi connectivity index (χ1) is 19.0. The number of anilines is 1. The van der Waals surface area contributed by atoms with E-state index in [0.29, 0.717) is 17.3 Å². The number of amides is 2. The van der Waals surface area contributed by atoms with Gasteiger partial charge in [-0.25, -0.2) is 8.42 Å². The average molecular weight is 649 g/mol. The van der Waals surface area contributed by atoms with Crippen molar-refractivity contribution in [3.05, 3.63) is 99.0 Å². The minimum Gasteiger partial charge on any atom is -0.354 e. The van der Waals surface area contributed by atoms with Crippen molar-refractivity contribution in [2.45, 2.75) is 45.7 Å². The molecule has 0 aromatic heterocycles. The van der Waals surface area contributed by atoms with E-state index in [1.165, 1.54) is 4.90 Å². The number of aryl methyl sites for hydroxylation is 1. The molecular weight excluding hydrogens is 614 g/mol. The van der Waals surface area contributed by atoms with Crippen LogP contribution in [0.25, 0.3) is 0 Å². The molecule has 3 aromatic rings. The van der Waals surface area contributed by atoms with Crippen molar-refractivity contribution in [1.82, 2.24) is 10.2 Å². The van der Waals surface area contributed by atoms with Crippen LogP contribution >= 0.6 is 27.5 Å². The molecule has 0 radical (unpaired) electrons. The molecule has 0 saturated heterocycles. The number of unbranched alkanes of at least 4 members (excludes halogenated alkanes) is 1. The Hall–Kier alpha value is -2.88. The third-order valence-electron chi connectivity index (χ3n) is 6.48. The smallest absolute Gasteiger partial charge is 0.244 e. The first-order valence-corrected chi connectivity index (χ1v) is 16.1. The number of benzene rings is 3. The van der Waals surface area contributed by atoms with Gasteiger partial charge in [0.25, 0.3) is 0 Å². The van der Waals surface area contributed by atoms with Crippen LogP contribution in [0.4, 0.5) is 5.69 Å². The topological polar surface area (TPSA) is 86.8 Å². The predicted molar refractivity (Wildman–Crippen MR) is 165 cm³/mol. The summed E-state index contributed by atoms with van der Waals surface area (Å²) < 4.78 is 27.7. The maximum atomic E-state index is 14.1. The summed E-state index contributed by atoms with van der Waals surface area (Å²) in [6.45, 7) is 4.01. The Morgan fingerprint density at radius 3 is 2.27 bits per heavy atom. The van der Waals surface area contributed by atoms with E-state index in [1.807, 2.05) is 44.2 Å². The highest BCUT2D eigenvalue weighted by molar-refractivity contribution is 9.10. The van der Waals surface area contributed by atoms with Crippen LogP contribution in [0.15, 0.2) is 77.3 Å². The highest BCUT2D eigenvalue weighted by Crippen LogP contribution is 2.25. The van der Waals surface area contributed by atoms with E-state index in [4.69, 9.17) is 11.6 Å². The zero-order valence-electron chi connectivity index (χ0n) is 22.9. The van der Waals surface area contributed by atoms with Gasteiger partial charge < -0.3 is 10.2 Å². The summed E-state index contributed by atoms with van der Waals surface area (Å²) in [5.41, 5.74) is 2.85. The number of nitrogens with zero attached hydrogens (tertiary/aromatic N) is 2. The highest BCUT2D eigenvalue weighted by atomic mass is 79.9. The summed E-state index contributed by atoms with van der Waals surface area (Å²) in [5, 5.41) is 3.52. The Labute approximate surface area is 250 Å². The standard InChI is InChI=1S/C30H35BrClN3O4S/c1-4-5-17-33-30(37)28(19-23-9-7-6-8-10-23)34(20-24-11-13-25(32)14-12-24)29(36)21-35(40(3,38)39)26-15-16-27(31)22(2)18-26/h6-16,18,28H,4-5,17,19-21H2,1-3H3,(H,33,37)/t28-/m1/s1. The SMILES string of the molecule is CCCCNC(=O)[C@@H](Cc1ccccc1)N(Cc1ccc(Cl)cc1)C(=O)CN(c1ccc(Br)c(C)c1)S(C)(=O)=O. The molecule has 7 nitrogen and oxygen atoms in total. The first kappa shape index (κ1) is 31.6. The Balaban J connectivity index is 2.03. The number of rotatable bonds is 13. The fourth-order valence-corrected chi connectivity index (χ4v) is 5.46. The molecule has 0 spiro atoms. The number of hydrogen-bond acceptors (Lipinski definition) is 4. The van der Waals surface area contributed by atoms with Gasteiger partial charge in [-0.15, -0.1) is 0 Å². The van der Waals surface area contributed by atoms with Crippen LogP contribution in [-0.4, -0.2) is 50.5 Å². The lowest BCUT2D eigenvalue weighted by Crippen LogP contribution is -2.53. The zero-order chi connectivity index (χ0) is 29.3. The summed E-state index contributed by atoms with van der Waals surface area (Å²) in [7, 11) is -3.82. The summed E-state index contributed by atoms with van der Waals surface area (Å²) in [6.07, 6.45) is 3.06. The minimum absolute atomic E-state index is 0.103. The Bertz CT molecular complexity index is 1400. The molecule has 0 aliphatic heterocycles. The van der Waals surface area contributed by atoms with Gasteiger partial charge in [0.05, 0.1) is 11.9 Å². The lowest BCUT2D eigenvalue weighted by atomic mass is 10.0. The fraction of sp³-hybridized carbons (Fsp3) is 0.333. The molecule has 10 heteroatoms. The van der Waals surface area contributed by atoms with Gasteiger partial charge in [-0.2, -0.15) is 0 Å². The van der Waals surface area contributed by atoms with Gasteiger partial charge in [-0.05, 0) is 60.4 Å². The summed E-state index contributed by atoms with van der Waals surface area (Å²) in [5.74, 6) is -0.780. The third-order valence-corrected chi connectivity index (χ3v) is 8.76. The highest BCUT2D eigenvalue weighted by Gasteiger charge is 2.33. The molecule has 40 heavy (non-hydrogen) atoms. The van der Waals surface area contributed by atoms with E-state index in [1.54, 1.807) is 42.5 Å². The van der Waals surface area contributed by atoms with Gasteiger partial charge in [0, 0.05) is 29.0 Å². The van der Waals surface area contributed by atoms with Crippen molar-refractivity contribution in [3.63, 3.8) is 0 Å². The molecule has 3 rings (SSSR count). The summed E-state index contributed by atoms with van der Waals surface area (Å²) in [6, 6.07) is 20.7. The van der Waals surface area contributed by atoms with Gasteiger partial charge in [0.2, 0.25) is 21.8 Å². The van der Waals surface area contributed by atoms with Crippen molar-refractivity contribution < 1.29 is 18.0 Å². The van der Waals surface area contributed by atoms with Gasteiger partial charge in [-0.3, -0.25) is 13.9 Å². The molecule has 214 valence electrons. The van der Waals surface area contributed by atoms with Crippen LogP contribution in [0, 0.1) is 6.92 Å². The number of carbonyl (C=O) groups is 2. The van der Waals surface area contributed by atoms with Crippen molar-refractivity contribution in [3.8, 4) is 0 Å². The van der Waals surface area contributed by atoms with Crippen LogP contribution in [0.3, 0.4) is 0 Å². The average Bonchev–Trinajstić information content (AvgIpc) is 2.92. The number of nitrogens with one attached hydrogen (secondary N) is 1. The Kier molecular flexibility index (Phi) is 11.6. The van der Waals surface area contributed by atoms with Crippen molar-refractivity contribution in [2.75, 3.05) is 23.7 Å². The minimum atomic E-state index is -3.82. The number of halogens is 2. The third kappa shape index (κ3) is 9.08. The molecule has 0 bridgehead atoms. The van der Waals surface area contributed by atoms with Crippen molar-refractivity contribution in [2.24, 2.45) is 0 Å². The van der Waals surface area contributed by atoms with Gasteiger partial charge >= 0.3 is 0 Å². The summed E-state index contributed by atoms with van der Waals surface area (Å²) in [4.78, 5) is 29.1. The van der Waals surface area contributed by atoms with E-state index < -0.39 is 28.5 Å². The van der Waals surface area contributed by atoms with Crippen LogP contribution in [0.1, 0.15) is 36.5 Å². The molecule has 0 unspecified atom stereocenters. The second kappa shape index (κ2) is 14.7. The molecule has 0 fully saturated rings. The second-order valence-electron chi connectivity index (χ2n) is 9.70. The van der Waals surface area contributed by atoms with E-state index in [9.17, 15) is 18.0 Å². The van der Waals surface area contributed by atoms with Crippen LogP contribution in [-0.2, 0) is 32.6 Å². The van der Waals surface area contributed by atoms with Gasteiger partial charge in [-0.1, -0.05) is 83.3 Å². The maximum Gasteiger partial charge on any atom is 0.244 e. The number of hydrogen-bond donors (Lipinski definition) is 1. The lowest BCUT2D eigenvalue weighted by Gasteiger charge is -2.33. The molecule has 0 aliphatic carbocycles. The van der Waals surface area contributed by atoms with Gasteiger partial charge in [0.15, 0.2) is 0 Å². The largest absolute Gasteiger partial charge is 0.354 e. The lowest BCUT2D eigenvalue weighted by molar-refractivity contribution is -0.140. The molecule has 1 atom stereocenters. The Morgan fingerprint density at radius 2 is 1.68 bits per heavy atom. The second-order valence-corrected chi connectivity index (χ2v) is 12.9. The van der Waals surface area contributed by atoms with E-state index in [2.05, 4.69) is 21.2 Å². The summed E-state index contributed by atoms with van der Waals surface area (Å²) >= 11 is 9.53. The fourth-order valence-electron chi connectivity index (χ4n) is 4.24. The predicted octanol–water partition coefficient (Wildman–Crippen LogP) is 5.73.